The summed E-state index contributed by atoms with van der Waals surface area (Å²) in [4.78, 5) is 32.3. The Morgan fingerprint density at radius 3 is 2.47 bits per heavy atom. The van der Waals surface area contributed by atoms with E-state index in [0.717, 1.165) is 5.56 Å². The van der Waals surface area contributed by atoms with Crippen molar-refractivity contribution in [2.45, 2.75) is 44.2 Å². The van der Waals surface area contributed by atoms with Gasteiger partial charge in [0, 0.05) is 31.4 Å². The van der Waals surface area contributed by atoms with E-state index in [1.165, 1.54) is 23.0 Å². The van der Waals surface area contributed by atoms with Gasteiger partial charge in [0.05, 0.1) is 17.5 Å². The van der Waals surface area contributed by atoms with E-state index in [1.54, 1.807) is 33.9 Å². The molecule has 1 atom stereocenters. The molecule has 1 N–H and O–H groups in total. The van der Waals surface area contributed by atoms with Crippen LogP contribution in [0.1, 0.15) is 37.7 Å². The molecule has 0 unspecified atom stereocenters. The van der Waals surface area contributed by atoms with E-state index in [9.17, 15) is 19.1 Å². The molecule has 7 nitrogen and oxygen atoms in total. The van der Waals surface area contributed by atoms with Gasteiger partial charge in [-0.2, -0.15) is 0 Å². The van der Waals surface area contributed by atoms with Crippen LogP contribution in [0.25, 0.3) is 16.7 Å². The predicted molar refractivity (Wildman–Crippen MR) is 136 cm³/mol. The van der Waals surface area contributed by atoms with Crippen molar-refractivity contribution < 1.29 is 14.3 Å². The smallest absolute Gasteiger partial charge is 0.262 e. The summed E-state index contributed by atoms with van der Waals surface area (Å²) in [5.41, 5.74) is 0.969. The molecule has 1 saturated heterocycles. The number of likely N-dealkylation sites (tertiary alicyclic amines) is 1. The van der Waals surface area contributed by atoms with Crippen molar-refractivity contribution in [3.8, 4) is 5.69 Å². The van der Waals surface area contributed by atoms with E-state index in [-0.39, 0.29) is 29.7 Å². The van der Waals surface area contributed by atoms with Crippen LogP contribution in [0.15, 0.2) is 78.0 Å². The van der Waals surface area contributed by atoms with Crippen molar-refractivity contribution in [2.75, 3.05) is 13.1 Å². The predicted octanol–water partition coefficient (Wildman–Crippen LogP) is 3.87. The maximum atomic E-state index is 13.3. The highest BCUT2D eigenvalue weighted by Gasteiger charge is 2.35. The summed E-state index contributed by atoms with van der Waals surface area (Å²) in [7, 11) is 0. The van der Waals surface area contributed by atoms with Gasteiger partial charge in [-0.05, 0) is 54.7 Å². The molecule has 1 aliphatic heterocycles. The number of rotatable bonds is 6. The van der Waals surface area contributed by atoms with E-state index < -0.39 is 5.60 Å². The number of amides is 1. The van der Waals surface area contributed by atoms with Crippen LogP contribution in [0, 0.1) is 5.82 Å². The van der Waals surface area contributed by atoms with E-state index >= 15 is 0 Å². The maximum absolute atomic E-state index is 13.3. The number of aliphatic hydroxyl groups is 1. The number of carbonyl (C=O) groups excluding carboxylic acids is 1. The van der Waals surface area contributed by atoms with Crippen molar-refractivity contribution in [3.63, 3.8) is 0 Å². The highest BCUT2D eigenvalue weighted by Crippen LogP contribution is 2.27. The SMILES string of the molecule is C[C@H](CC(=O)N1CCC(O)(Cn2cnc3c(ccn3-c3ccc(F)cc3)c2=O)CC1)c1ccccc1. The first-order valence-corrected chi connectivity index (χ1v) is 12.2. The zero-order chi connectivity index (χ0) is 25.3. The molecule has 1 fully saturated rings. The Kier molecular flexibility index (Phi) is 6.45. The van der Waals surface area contributed by atoms with Gasteiger partial charge in [-0.15, -0.1) is 0 Å². The van der Waals surface area contributed by atoms with Crippen LogP contribution >= 0.6 is 0 Å². The summed E-state index contributed by atoms with van der Waals surface area (Å²) < 4.78 is 16.5. The summed E-state index contributed by atoms with van der Waals surface area (Å²) in [6, 6.07) is 17.6. The van der Waals surface area contributed by atoms with Crippen LogP contribution in [-0.2, 0) is 11.3 Å². The number of benzene rings is 2. The van der Waals surface area contributed by atoms with Gasteiger partial charge in [0.1, 0.15) is 12.1 Å². The molecule has 36 heavy (non-hydrogen) atoms. The fourth-order valence-electron chi connectivity index (χ4n) is 4.91. The third-order valence-corrected chi connectivity index (χ3v) is 7.14. The molecule has 1 aliphatic rings. The monoisotopic (exact) mass is 488 g/mol. The highest BCUT2D eigenvalue weighted by molar-refractivity contribution is 5.77. The quantitative estimate of drug-likeness (QED) is 0.447. The first-order valence-electron chi connectivity index (χ1n) is 12.2. The van der Waals surface area contributed by atoms with Gasteiger partial charge < -0.3 is 14.6 Å². The number of aromatic nitrogens is 3. The summed E-state index contributed by atoms with van der Waals surface area (Å²) in [6.45, 7) is 3.05. The van der Waals surface area contributed by atoms with Gasteiger partial charge in [0.15, 0.2) is 5.65 Å². The molecule has 0 spiro atoms. The van der Waals surface area contributed by atoms with E-state index in [2.05, 4.69) is 4.98 Å². The molecule has 3 heterocycles. The van der Waals surface area contributed by atoms with Crippen LogP contribution in [0.2, 0.25) is 0 Å². The average Bonchev–Trinajstić information content (AvgIpc) is 3.32. The Morgan fingerprint density at radius 2 is 1.78 bits per heavy atom. The second-order valence-electron chi connectivity index (χ2n) is 9.70. The molecule has 0 aliphatic carbocycles. The maximum Gasteiger partial charge on any atom is 0.262 e. The fourth-order valence-corrected chi connectivity index (χ4v) is 4.91. The minimum Gasteiger partial charge on any atom is -0.388 e. The van der Waals surface area contributed by atoms with Crippen LogP contribution in [0.5, 0.6) is 0 Å². The largest absolute Gasteiger partial charge is 0.388 e. The number of nitrogens with zero attached hydrogens (tertiary/aromatic N) is 4. The van der Waals surface area contributed by atoms with Crippen LogP contribution in [-0.4, -0.2) is 48.7 Å². The highest BCUT2D eigenvalue weighted by atomic mass is 19.1. The standard InChI is InChI=1S/C28H29FN4O3/c1-20(21-5-3-2-4-6-21)17-25(34)31-15-12-28(36,13-16-31)18-32-19-30-26-24(27(32)35)11-14-33(26)23-9-7-22(29)8-10-23/h2-11,14,19-20,36H,12-13,15-18H2,1H3/t20-/m1/s1. The minimum absolute atomic E-state index is 0.0794. The third-order valence-electron chi connectivity index (χ3n) is 7.14. The van der Waals surface area contributed by atoms with E-state index in [0.29, 0.717) is 49.1 Å². The second-order valence-corrected chi connectivity index (χ2v) is 9.70. The Hall–Kier alpha value is -3.78. The average molecular weight is 489 g/mol. The molecule has 5 rings (SSSR count). The molecule has 0 radical (unpaired) electrons. The molecule has 4 aromatic rings. The first-order chi connectivity index (χ1) is 17.3. The van der Waals surface area contributed by atoms with Crippen LogP contribution in [0.3, 0.4) is 0 Å². The van der Waals surface area contributed by atoms with Gasteiger partial charge in [-0.25, -0.2) is 9.37 Å². The zero-order valence-electron chi connectivity index (χ0n) is 20.2. The van der Waals surface area contributed by atoms with Gasteiger partial charge in [0.25, 0.3) is 5.56 Å². The van der Waals surface area contributed by atoms with Gasteiger partial charge in [-0.3, -0.25) is 14.2 Å². The molecule has 2 aromatic carbocycles. The number of halogens is 1. The Bertz CT molecular complexity index is 1420. The van der Waals surface area contributed by atoms with Gasteiger partial charge in [0.2, 0.25) is 5.91 Å². The lowest BCUT2D eigenvalue weighted by molar-refractivity contribution is -0.136. The number of piperidine rings is 1. The normalized spacial score (nSPS) is 16.2. The lowest BCUT2D eigenvalue weighted by Crippen LogP contribution is -2.49. The Morgan fingerprint density at radius 1 is 1.08 bits per heavy atom. The number of hydrogen-bond acceptors (Lipinski definition) is 4. The zero-order valence-corrected chi connectivity index (χ0v) is 20.2. The van der Waals surface area contributed by atoms with Crippen molar-refractivity contribution >= 4 is 16.9 Å². The Balaban J connectivity index is 1.25. The van der Waals surface area contributed by atoms with Crippen molar-refractivity contribution in [2.24, 2.45) is 0 Å². The Labute approximate surface area is 208 Å². The lowest BCUT2D eigenvalue weighted by Gasteiger charge is -2.38. The summed E-state index contributed by atoms with van der Waals surface area (Å²) in [5.74, 6) is -0.133. The van der Waals surface area contributed by atoms with Gasteiger partial charge >= 0.3 is 0 Å². The lowest BCUT2D eigenvalue weighted by atomic mass is 9.90. The molecule has 0 bridgehead atoms. The number of fused-ring (bicyclic) bond motifs is 1. The van der Waals surface area contributed by atoms with E-state index in [1.807, 2.05) is 37.3 Å². The molecule has 1 amide bonds. The summed E-state index contributed by atoms with van der Waals surface area (Å²) in [5, 5.41) is 11.6. The number of hydrogen-bond donors (Lipinski definition) is 1. The van der Waals surface area contributed by atoms with Gasteiger partial charge in [-0.1, -0.05) is 37.3 Å². The van der Waals surface area contributed by atoms with Crippen molar-refractivity contribution in [1.29, 1.82) is 0 Å². The topological polar surface area (TPSA) is 80.4 Å². The molecule has 2 aromatic heterocycles. The summed E-state index contributed by atoms with van der Waals surface area (Å²) in [6.07, 6.45) is 4.38. The van der Waals surface area contributed by atoms with E-state index in [4.69, 9.17) is 0 Å². The third kappa shape index (κ3) is 4.81. The van der Waals surface area contributed by atoms with Crippen molar-refractivity contribution in [3.05, 3.63) is 94.9 Å². The summed E-state index contributed by atoms with van der Waals surface area (Å²) >= 11 is 0. The molecular weight excluding hydrogens is 459 g/mol. The fraction of sp³-hybridized carbons (Fsp3) is 0.321. The van der Waals surface area contributed by atoms with Crippen LogP contribution in [0.4, 0.5) is 4.39 Å². The number of carbonyl (C=O) groups is 1. The minimum atomic E-state index is -1.10. The molecule has 8 heteroatoms. The first kappa shape index (κ1) is 23.9. The van der Waals surface area contributed by atoms with Crippen molar-refractivity contribution in [1.82, 2.24) is 19.0 Å². The molecule has 0 saturated carbocycles. The van der Waals surface area contributed by atoms with Crippen LogP contribution < -0.4 is 5.56 Å². The second kappa shape index (κ2) is 9.70. The molecule has 186 valence electrons. The molecular formula is C28H29FN4O3.